The number of imidazole rings is 1. The number of thiol groups is 1. The highest BCUT2D eigenvalue weighted by atomic mass is 32.1. The van der Waals surface area contributed by atoms with E-state index in [1.165, 1.54) is 17.8 Å². The first-order valence-electron chi connectivity index (χ1n) is 10.2. The Balaban J connectivity index is 1.61. The van der Waals surface area contributed by atoms with Crippen molar-refractivity contribution in [3.05, 3.63) is 6.33 Å². The number of aliphatic hydroxyl groups excluding tert-OH is 4. The van der Waals surface area contributed by atoms with Gasteiger partial charge in [0.1, 0.15) is 34.9 Å². The molecule has 1 fully saturated rings. The van der Waals surface area contributed by atoms with E-state index in [-0.39, 0.29) is 24.1 Å². The van der Waals surface area contributed by atoms with Crippen LogP contribution in [-0.4, -0.2) is 96.0 Å². The number of anilines is 1. The van der Waals surface area contributed by atoms with Crippen molar-refractivity contribution >= 4 is 35.6 Å². The fourth-order valence-corrected chi connectivity index (χ4v) is 3.30. The number of ether oxygens (including phenoxy) is 1. The molecule has 0 bridgehead atoms. The molecule has 0 spiro atoms. The fourth-order valence-electron chi connectivity index (χ4n) is 3.05. The third kappa shape index (κ3) is 5.75. The molecule has 1 aliphatic heterocycles. The summed E-state index contributed by atoms with van der Waals surface area (Å²) in [5, 5.41) is 44.5. The van der Waals surface area contributed by atoms with Gasteiger partial charge in [0.2, 0.25) is 11.9 Å². The Bertz CT molecular complexity index is 1150. The summed E-state index contributed by atoms with van der Waals surface area (Å²) >= 11 is 4.32. The Morgan fingerprint density at radius 1 is 1.29 bits per heavy atom. The molecule has 3 unspecified atom stereocenters. The molecular weight excluding hydrogens is 466 g/mol. The molecule has 0 radical (unpaired) electrons. The molecule has 1 saturated heterocycles. The Labute approximate surface area is 200 Å². The number of fused-ring (bicyclic) bond motifs is 1. The maximum Gasteiger partial charge on any atom is 0.240 e. The van der Waals surface area contributed by atoms with E-state index >= 15 is 0 Å². The van der Waals surface area contributed by atoms with Crippen LogP contribution in [0.4, 0.5) is 5.95 Å². The zero-order valence-electron chi connectivity index (χ0n) is 18.1. The number of carbonyl (C=O) groups is 1. The van der Waals surface area contributed by atoms with Crippen LogP contribution >= 0.6 is 12.6 Å². The molecule has 182 valence electrons. The molecule has 13 nitrogen and oxygen atoms in total. The number of hydrogen-bond acceptors (Lipinski definition) is 12. The summed E-state index contributed by atoms with van der Waals surface area (Å²) in [6.45, 7) is 1.15. The second-order valence-corrected chi connectivity index (χ2v) is 7.79. The zero-order chi connectivity index (χ0) is 24.8. The summed E-state index contributed by atoms with van der Waals surface area (Å²) in [4.78, 5) is 24.3. The average molecular weight is 492 g/mol. The first kappa shape index (κ1) is 25.7. The topological polar surface area (TPSA) is 201 Å². The summed E-state index contributed by atoms with van der Waals surface area (Å²) in [7, 11) is 0. The highest BCUT2D eigenvalue weighted by Crippen LogP contribution is 2.32. The standard InChI is InChI=1S/C20H25N7O6S/c1-10(29)12(21)17(32)22-6-4-2-3-5-7-23-20-25-16-13(18(34)26-20)24-9-27(16)19-15(31)14(30)11(8-28)33-19/h9-12,14-15,19,28-31H,6-8,21H2,1H3,(H,22,32)(H2,23,25,26,34)/t10?,11-,12?,14?,15+,19-/m1/s1. The number of amides is 1. The highest BCUT2D eigenvalue weighted by molar-refractivity contribution is 7.80. The van der Waals surface area contributed by atoms with E-state index in [1.807, 2.05) is 0 Å². The molecule has 14 heteroatoms. The van der Waals surface area contributed by atoms with Crippen molar-refractivity contribution in [3.63, 3.8) is 0 Å². The summed E-state index contributed by atoms with van der Waals surface area (Å²) in [6, 6.07) is -1.02. The van der Waals surface area contributed by atoms with Gasteiger partial charge in [0.05, 0.1) is 32.1 Å². The van der Waals surface area contributed by atoms with Crippen molar-refractivity contribution in [1.82, 2.24) is 24.8 Å². The molecule has 1 amide bonds. The maximum atomic E-state index is 11.6. The molecule has 6 atom stereocenters. The highest BCUT2D eigenvalue weighted by Gasteiger charge is 2.44. The molecule has 0 saturated carbocycles. The minimum Gasteiger partial charge on any atom is -0.394 e. The van der Waals surface area contributed by atoms with Gasteiger partial charge >= 0.3 is 0 Å². The molecule has 2 aromatic rings. The van der Waals surface area contributed by atoms with Gasteiger partial charge in [-0.25, -0.2) is 9.97 Å². The molecule has 1 aliphatic rings. The Morgan fingerprint density at radius 2 is 2.00 bits per heavy atom. The summed E-state index contributed by atoms with van der Waals surface area (Å²) < 4.78 is 6.97. The van der Waals surface area contributed by atoms with Crippen molar-refractivity contribution < 1.29 is 30.0 Å². The number of rotatable bonds is 7. The van der Waals surface area contributed by atoms with Gasteiger partial charge < -0.3 is 41.5 Å². The lowest BCUT2D eigenvalue weighted by Gasteiger charge is -2.16. The summed E-state index contributed by atoms with van der Waals surface area (Å²) in [5.41, 5.74) is 6.16. The minimum absolute atomic E-state index is 0.0368. The van der Waals surface area contributed by atoms with Crippen LogP contribution in [-0.2, 0) is 9.53 Å². The van der Waals surface area contributed by atoms with Crippen molar-refractivity contribution in [2.45, 2.75) is 48.6 Å². The van der Waals surface area contributed by atoms with E-state index in [0.717, 1.165) is 0 Å². The first-order valence-corrected chi connectivity index (χ1v) is 10.7. The summed E-state index contributed by atoms with van der Waals surface area (Å²) in [6.07, 6.45) is -4.07. The number of aliphatic hydroxyl groups is 4. The lowest BCUT2D eigenvalue weighted by atomic mass is 10.1. The minimum atomic E-state index is -1.29. The van der Waals surface area contributed by atoms with E-state index in [4.69, 9.17) is 10.5 Å². The lowest BCUT2D eigenvalue weighted by molar-refractivity contribution is -0.124. The van der Waals surface area contributed by atoms with Crippen LogP contribution in [0.15, 0.2) is 11.4 Å². The third-order valence-electron chi connectivity index (χ3n) is 4.94. The lowest BCUT2D eigenvalue weighted by Crippen LogP contribution is -2.47. The number of nitrogens with one attached hydrogen (secondary N) is 2. The monoisotopic (exact) mass is 491 g/mol. The van der Waals surface area contributed by atoms with Gasteiger partial charge in [-0.1, -0.05) is 11.8 Å². The second kappa shape index (κ2) is 11.5. The van der Waals surface area contributed by atoms with Gasteiger partial charge in [-0.2, -0.15) is 4.98 Å². The molecule has 0 aliphatic carbocycles. The average Bonchev–Trinajstić information content (AvgIpc) is 3.35. The predicted molar refractivity (Wildman–Crippen MR) is 122 cm³/mol. The van der Waals surface area contributed by atoms with E-state index in [2.05, 4.69) is 61.9 Å². The zero-order valence-corrected chi connectivity index (χ0v) is 19.0. The van der Waals surface area contributed by atoms with Crippen LogP contribution in [0.1, 0.15) is 13.2 Å². The molecule has 8 N–H and O–H groups in total. The van der Waals surface area contributed by atoms with E-state index in [1.54, 1.807) is 0 Å². The number of carbonyl (C=O) groups excluding carboxylic acids is 1. The van der Waals surface area contributed by atoms with Gasteiger partial charge in [0.25, 0.3) is 0 Å². The van der Waals surface area contributed by atoms with Crippen molar-refractivity contribution in [1.29, 1.82) is 0 Å². The van der Waals surface area contributed by atoms with Crippen LogP contribution in [0.25, 0.3) is 11.2 Å². The van der Waals surface area contributed by atoms with E-state index in [0.29, 0.717) is 11.2 Å². The van der Waals surface area contributed by atoms with Gasteiger partial charge in [-0.3, -0.25) is 9.36 Å². The Kier molecular flexibility index (Phi) is 8.65. The molecule has 3 heterocycles. The first-order chi connectivity index (χ1) is 16.2. The third-order valence-corrected chi connectivity index (χ3v) is 5.25. The number of aromatic nitrogens is 4. The van der Waals surface area contributed by atoms with Crippen molar-refractivity contribution in [2.75, 3.05) is 25.0 Å². The van der Waals surface area contributed by atoms with Gasteiger partial charge in [-0.05, 0) is 18.8 Å². The number of nitrogens with zero attached hydrogens (tertiary/aromatic N) is 4. The Hall–Kier alpha value is -2.95. The summed E-state index contributed by atoms with van der Waals surface area (Å²) in [5.74, 6) is 10.2. The smallest absolute Gasteiger partial charge is 0.240 e. The second-order valence-electron chi connectivity index (χ2n) is 7.37. The van der Waals surface area contributed by atoms with Crippen molar-refractivity contribution in [2.24, 2.45) is 5.73 Å². The van der Waals surface area contributed by atoms with Gasteiger partial charge in [-0.15, -0.1) is 12.6 Å². The fraction of sp³-hybridized carbons (Fsp3) is 0.500. The van der Waals surface area contributed by atoms with Crippen LogP contribution in [0, 0.1) is 23.7 Å². The van der Waals surface area contributed by atoms with Gasteiger partial charge in [0, 0.05) is 0 Å². The quantitative estimate of drug-likeness (QED) is 0.111. The van der Waals surface area contributed by atoms with Gasteiger partial charge in [0.15, 0.2) is 11.9 Å². The largest absolute Gasteiger partial charge is 0.394 e. The SMILES string of the molecule is CC(O)C(N)C(=O)NCC#CC#CCNc1nc(S)c2ncn([C@@H]3O[C@H](CO)C(O)[C@@H]3O)c2n1. The van der Waals surface area contributed by atoms with Crippen LogP contribution in [0.5, 0.6) is 0 Å². The molecule has 3 rings (SSSR count). The predicted octanol–water partition coefficient (Wildman–Crippen LogP) is -3.03. The number of nitrogens with two attached hydrogens (primary N) is 1. The molecule has 2 aromatic heterocycles. The van der Waals surface area contributed by atoms with E-state index in [9.17, 15) is 25.2 Å². The molecular formula is C20H25N7O6S. The van der Waals surface area contributed by atoms with Crippen LogP contribution in [0.3, 0.4) is 0 Å². The molecule has 34 heavy (non-hydrogen) atoms. The Morgan fingerprint density at radius 3 is 2.65 bits per heavy atom. The van der Waals surface area contributed by atoms with Crippen molar-refractivity contribution in [3.8, 4) is 23.7 Å². The van der Waals surface area contributed by atoms with E-state index < -0.39 is 49.2 Å². The molecule has 0 aromatic carbocycles. The normalized spacial score (nSPS) is 23.4. The van der Waals surface area contributed by atoms with Crippen LogP contribution < -0.4 is 16.4 Å². The maximum absolute atomic E-state index is 11.6. The van der Waals surface area contributed by atoms with Crippen LogP contribution in [0.2, 0.25) is 0 Å². The number of hydrogen-bond donors (Lipinski definition) is 8.